The van der Waals surface area contributed by atoms with Gasteiger partial charge in [0.05, 0.1) is 0 Å². The van der Waals surface area contributed by atoms with E-state index in [4.69, 9.17) is 0 Å². The fourth-order valence-electron chi connectivity index (χ4n) is 2.39. The smallest absolute Gasteiger partial charge is 0.345 e. The van der Waals surface area contributed by atoms with E-state index in [1.807, 2.05) is 13.8 Å². The summed E-state index contributed by atoms with van der Waals surface area (Å²) in [5.74, 6) is -1.33. The van der Waals surface area contributed by atoms with Crippen molar-refractivity contribution in [3.63, 3.8) is 0 Å². The zero-order valence-corrected chi connectivity index (χ0v) is 9.60. The van der Waals surface area contributed by atoms with Crippen LogP contribution in [0.5, 0.6) is 0 Å². The fraction of sp³-hybridized carbons (Fsp3) is 0.909. The van der Waals surface area contributed by atoms with Gasteiger partial charge in [0.2, 0.25) is 0 Å². The first kappa shape index (κ1) is 13.3. The molecule has 1 amide bonds. The zero-order chi connectivity index (χ0) is 12.3. The summed E-state index contributed by atoms with van der Waals surface area (Å²) in [6.07, 6.45) is -1.27. The first-order valence-electron chi connectivity index (χ1n) is 5.70. The summed E-state index contributed by atoms with van der Waals surface area (Å²) in [5, 5.41) is 2.13. The maximum atomic E-state index is 12.1. The molecule has 0 aromatic carbocycles. The zero-order valence-electron chi connectivity index (χ0n) is 9.60. The highest BCUT2D eigenvalue weighted by Gasteiger charge is 2.41. The average molecular weight is 237 g/mol. The number of carbonyl (C=O) groups is 1. The second-order valence-electron chi connectivity index (χ2n) is 4.77. The molecule has 0 saturated heterocycles. The Hall–Kier alpha value is -0.740. The van der Waals surface area contributed by atoms with Gasteiger partial charge in [0, 0.05) is 6.04 Å². The predicted octanol–water partition coefficient (Wildman–Crippen LogP) is 2.88. The van der Waals surface area contributed by atoms with Gasteiger partial charge in [0.25, 0.3) is 0 Å². The molecule has 0 aromatic rings. The Labute approximate surface area is 93.6 Å². The molecule has 2 unspecified atom stereocenters. The van der Waals surface area contributed by atoms with Crippen LogP contribution in [-0.2, 0) is 4.79 Å². The standard InChI is InChI=1S/C11H18F3NO/c1-7(2)8-5-3-4-6-9(8)15-10(16)11(12,13)14/h7-9H,3-6H2,1-2H3,(H,15,16). The van der Waals surface area contributed by atoms with Gasteiger partial charge in [-0.25, -0.2) is 0 Å². The lowest BCUT2D eigenvalue weighted by atomic mass is 9.78. The SMILES string of the molecule is CC(C)C1CCCCC1NC(=O)C(F)(F)F. The molecule has 1 rings (SSSR count). The number of carbonyl (C=O) groups excluding carboxylic acids is 1. The van der Waals surface area contributed by atoms with Crippen molar-refractivity contribution in [1.29, 1.82) is 0 Å². The Morgan fingerprint density at radius 2 is 1.81 bits per heavy atom. The quantitative estimate of drug-likeness (QED) is 0.786. The van der Waals surface area contributed by atoms with Crippen molar-refractivity contribution < 1.29 is 18.0 Å². The molecule has 0 heterocycles. The molecule has 2 atom stereocenters. The largest absolute Gasteiger partial charge is 0.471 e. The predicted molar refractivity (Wildman–Crippen MR) is 54.8 cm³/mol. The van der Waals surface area contributed by atoms with Gasteiger partial charge in [0.15, 0.2) is 0 Å². The van der Waals surface area contributed by atoms with Gasteiger partial charge in [-0.2, -0.15) is 13.2 Å². The number of nitrogens with one attached hydrogen (secondary N) is 1. The monoisotopic (exact) mass is 237 g/mol. The highest BCUT2D eigenvalue weighted by molar-refractivity contribution is 5.81. The lowest BCUT2D eigenvalue weighted by molar-refractivity contribution is -0.175. The molecule has 0 aliphatic heterocycles. The van der Waals surface area contributed by atoms with Gasteiger partial charge in [-0.05, 0) is 24.7 Å². The van der Waals surface area contributed by atoms with Crippen LogP contribution >= 0.6 is 0 Å². The van der Waals surface area contributed by atoms with Gasteiger partial charge in [-0.3, -0.25) is 4.79 Å². The fourth-order valence-corrected chi connectivity index (χ4v) is 2.39. The number of hydrogen-bond acceptors (Lipinski definition) is 1. The molecular formula is C11H18F3NO. The van der Waals surface area contributed by atoms with E-state index in [2.05, 4.69) is 5.32 Å². The minimum Gasteiger partial charge on any atom is -0.345 e. The van der Waals surface area contributed by atoms with E-state index in [1.54, 1.807) is 0 Å². The van der Waals surface area contributed by atoms with Crippen LogP contribution in [0.25, 0.3) is 0 Å². The van der Waals surface area contributed by atoms with Gasteiger partial charge in [0.1, 0.15) is 0 Å². The Balaban J connectivity index is 2.60. The molecule has 0 spiro atoms. The van der Waals surface area contributed by atoms with Crippen molar-refractivity contribution in [3.05, 3.63) is 0 Å². The first-order valence-corrected chi connectivity index (χ1v) is 5.70. The number of alkyl halides is 3. The Bertz CT molecular complexity index is 250. The summed E-state index contributed by atoms with van der Waals surface area (Å²) < 4.78 is 36.4. The van der Waals surface area contributed by atoms with E-state index in [-0.39, 0.29) is 12.0 Å². The van der Waals surface area contributed by atoms with Crippen molar-refractivity contribution in [2.24, 2.45) is 11.8 Å². The van der Waals surface area contributed by atoms with Gasteiger partial charge in [-0.15, -0.1) is 0 Å². The van der Waals surface area contributed by atoms with Crippen molar-refractivity contribution >= 4 is 5.91 Å². The third-order valence-electron chi connectivity index (χ3n) is 3.25. The molecule has 16 heavy (non-hydrogen) atoms. The second kappa shape index (κ2) is 5.06. The second-order valence-corrected chi connectivity index (χ2v) is 4.77. The Morgan fingerprint density at radius 3 is 2.31 bits per heavy atom. The first-order chi connectivity index (χ1) is 7.32. The molecule has 1 saturated carbocycles. The van der Waals surface area contributed by atoms with Crippen LogP contribution in [0.15, 0.2) is 0 Å². The van der Waals surface area contributed by atoms with Crippen LogP contribution in [0, 0.1) is 11.8 Å². The van der Waals surface area contributed by atoms with E-state index >= 15 is 0 Å². The molecule has 2 nitrogen and oxygen atoms in total. The number of amides is 1. The highest BCUT2D eigenvalue weighted by atomic mass is 19.4. The lowest BCUT2D eigenvalue weighted by Crippen LogP contribution is -2.48. The van der Waals surface area contributed by atoms with E-state index in [1.165, 1.54) is 0 Å². The van der Waals surface area contributed by atoms with Crippen LogP contribution < -0.4 is 5.32 Å². The summed E-state index contributed by atoms with van der Waals surface area (Å²) in [7, 11) is 0. The minimum absolute atomic E-state index is 0.167. The molecule has 1 aliphatic carbocycles. The third kappa shape index (κ3) is 3.39. The van der Waals surface area contributed by atoms with Crippen molar-refractivity contribution in [1.82, 2.24) is 5.32 Å². The summed E-state index contributed by atoms with van der Waals surface area (Å²) in [4.78, 5) is 10.9. The number of halogens is 3. The van der Waals surface area contributed by atoms with Crippen LogP contribution in [0.2, 0.25) is 0 Å². The Kier molecular flexibility index (Phi) is 4.21. The van der Waals surface area contributed by atoms with Crippen molar-refractivity contribution in [2.75, 3.05) is 0 Å². The molecule has 1 N–H and O–H groups in total. The van der Waals surface area contributed by atoms with Gasteiger partial charge >= 0.3 is 12.1 Å². The topological polar surface area (TPSA) is 29.1 Å². The van der Waals surface area contributed by atoms with Crippen LogP contribution in [0.1, 0.15) is 39.5 Å². The van der Waals surface area contributed by atoms with Crippen molar-refractivity contribution in [3.8, 4) is 0 Å². The van der Waals surface area contributed by atoms with Crippen LogP contribution in [0.3, 0.4) is 0 Å². The van der Waals surface area contributed by atoms with E-state index < -0.39 is 12.1 Å². The number of rotatable bonds is 2. The van der Waals surface area contributed by atoms with E-state index in [0.29, 0.717) is 12.3 Å². The summed E-state index contributed by atoms with van der Waals surface area (Å²) >= 11 is 0. The number of hydrogen-bond donors (Lipinski definition) is 1. The maximum Gasteiger partial charge on any atom is 0.471 e. The summed E-state index contributed by atoms with van der Waals surface area (Å²) in [6.45, 7) is 3.98. The minimum atomic E-state index is -4.76. The average Bonchev–Trinajstić information content (AvgIpc) is 2.16. The summed E-state index contributed by atoms with van der Waals surface area (Å²) in [6, 6.07) is -0.317. The van der Waals surface area contributed by atoms with E-state index in [9.17, 15) is 18.0 Å². The van der Waals surface area contributed by atoms with Gasteiger partial charge < -0.3 is 5.32 Å². The van der Waals surface area contributed by atoms with Crippen LogP contribution in [0.4, 0.5) is 13.2 Å². The Morgan fingerprint density at radius 1 is 1.25 bits per heavy atom. The highest BCUT2D eigenvalue weighted by Crippen LogP contribution is 2.30. The van der Waals surface area contributed by atoms with Crippen LogP contribution in [-0.4, -0.2) is 18.1 Å². The molecule has 0 radical (unpaired) electrons. The maximum absolute atomic E-state index is 12.1. The lowest BCUT2D eigenvalue weighted by Gasteiger charge is -2.35. The molecular weight excluding hydrogens is 219 g/mol. The molecule has 0 bridgehead atoms. The molecule has 5 heteroatoms. The molecule has 1 aliphatic rings. The molecule has 94 valence electrons. The molecule has 0 aromatic heterocycles. The van der Waals surface area contributed by atoms with Crippen molar-refractivity contribution in [2.45, 2.75) is 51.7 Å². The molecule has 1 fully saturated rings. The van der Waals surface area contributed by atoms with E-state index in [0.717, 1.165) is 19.3 Å². The normalized spacial score (nSPS) is 26.9. The summed E-state index contributed by atoms with van der Waals surface area (Å²) in [5.41, 5.74) is 0. The third-order valence-corrected chi connectivity index (χ3v) is 3.25. The van der Waals surface area contributed by atoms with Gasteiger partial charge in [-0.1, -0.05) is 26.7 Å².